The van der Waals surface area contributed by atoms with Gasteiger partial charge in [-0.15, -0.1) is 0 Å². The van der Waals surface area contributed by atoms with Gasteiger partial charge in [0.15, 0.2) is 0 Å². The fourth-order valence-electron chi connectivity index (χ4n) is 11.6. The van der Waals surface area contributed by atoms with Gasteiger partial charge in [-0.05, 0) is 212 Å². The van der Waals surface area contributed by atoms with E-state index in [1.165, 1.54) is 0 Å². The van der Waals surface area contributed by atoms with Gasteiger partial charge >= 0.3 is 0 Å². The molecule has 0 aliphatic rings. The lowest BCUT2D eigenvalue weighted by atomic mass is 10.0. The number of anilines is 3. The summed E-state index contributed by atoms with van der Waals surface area (Å²) in [6.07, 6.45) is 23.7. The van der Waals surface area contributed by atoms with Crippen LogP contribution in [0.15, 0.2) is 328 Å². The molecular formula is C87H60N10. The average Bonchev–Trinajstić information content (AvgIpc) is 0.859. The second kappa shape index (κ2) is 28.3. The van der Waals surface area contributed by atoms with Crippen molar-refractivity contribution < 1.29 is 0 Å². The van der Waals surface area contributed by atoms with Gasteiger partial charge in [0.1, 0.15) is 0 Å². The van der Waals surface area contributed by atoms with Crippen LogP contribution >= 0.6 is 0 Å². The molecule has 15 rings (SSSR count). The molecule has 0 radical (unpaired) electrons. The van der Waals surface area contributed by atoms with Crippen LogP contribution in [-0.4, -0.2) is 44.9 Å². The summed E-state index contributed by atoms with van der Waals surface area (Å²) in [6.45, 7) is 0. The van der Waals surface area contributed by atoms with Crippen LogP contribution in [0.4, 0.5) is 17.1 Å². The third-order valence-electron chi connectivity index (χ3n) is 16.6. The maximum atomic E-state index is 4.97. The second-order valence-electron chi connectivity index (χ2n) is 23.1. The van der Waals surface area contributed by atoms with E-state index in [9.17, 15) is 0 Å². The Hall–Kier alpha value is -13.3. The Kier molecular flexibility index (Phi) is 17.5. The molecule has 10 heteroatoms. The van der Waals surface area contributed by atoms with Crippen LogP contribution in [0.5, 0.6) is 0 Å². The molecular weight excluding hydrogens is 1190 g/mol. The molecule has 0 fully saturated rings. The molecule has 0 bridgehead atoms. The van der Waals surface area contributed by atoms with Gasteiger partial charge in [0.2, 0.25) is 0 Å². The average molecular weight is 1250 g/mol. The zero-order valence-electron chi connectivity index (χ0n) is 52.6. The van der Waals surface area contributed by atoms with E-state index in [1.54, 1.807) is 37.2 Å². The van der Waals surface area contributed by atoms with Crippen molar-refractivity contribution in [1.82, 2.24) is 44.9 Å². The van der Waals surface area contributed by atoms with Gasteiger partial charge in [-0.3, -0.25) is 29.9 Å². The third kappa shape index (κ3) is 14.4. The van der Waals surface area contributed by atoms with Gasteiger partial charge in [-0.1, -0.05) is 182 Å². The Balaban J connectivity index is 0.681. The first kappa shape index (κ1) is 60.0. The molecule has 0 amide bonds. The number of nitrogens with zero attached hydrogens (tertiary/aromatic N) is 10. The fourth-order valence-corrected chi connectivity index (χ4v) is 11.6. The van der Waals surface area contributed by atoms with Crippen LogP contribution in [-0.2, 0) is 0 Å². The van der Waals surface area contributed by atoms with Crippen molar-refractivity contribution in [2.24, 2.45) is 0 Å². The number of hydrogen-bond acceptors (Lipinski definition) is 10. The molecule has 0 saturated heterocycles. The van der Waals surface area contributed by atoms with Gasteiger partial charge < -0.3 is 4.90 Å². The lowest BCUT2D eigenvalue weighted by Gasteiger charge is -2.26. The smallest absolute Gasteiger partial charge is 0.0900 e. The summed E-state index contributed by atoms with van der Waals surface area (Å²) in [7, 11) is 0. The van der Waals surface area contributed by atoms with E-state index in [4.69, 9.17) is 15.0 Å². The van der Waals surface area contributed by atoms with E-state index >= 15 is 0 Å². The Morgan fingerprint density at radius 3 is 0.536 bits per heavy atom. The maximum Gasteiger partial charge on any atom is 0.0900 e. The maximum absolute atomic E-state index is 4.97. The zero-order valence-corrected chi connectivity index (χ0v) is 52.6. The van der Waals surface area contributed by atoms with E-state index in [1.807, 2.05) is 109 Å². The molecule has 97 heavy (non-hydrogen) atoms. The first-order chi connectivity index (χ1) is 48.0. The summed E-state index contributed by atoms with van der Waals surface area (Å²) in [6, 6.07) is 99.9. The number of pyridine rings is 9. The summed E-state index contributed by atoms with van der Waals surface area (Å²) >= 11 is 0. The first-order valence-electron chi connectivity index (χ1n) is 32.0. The first-order valence-corrected chi connectivity index (χ1v) is 32.0. The lowest BCUT2D eigenvalue weighted by molar-refractivity contribution is 1.22. The summed E-state index contributed by atoms with van der Waals surface area (Å²) in [5.74, 6) is 0. The fraction of sp³-hybridized carbons (Fsp3) is 0. The van der Waals surface area contributed by atoms with Crippen LogP contribution in [0.25, 0.3) is 138 Å². The van der Waals surface area contributed by atoms with E-state index in [0.29, 0.717) is 0 Å². The SMILES string of the molecule is C(=C\c1ccc(N(c2ccc(/C=C/c3ccc(-c4cc(-c5ccccn5)nc(-c5ccccn5)c4)cc3)cc2)c2ccc(/C=C/c3ccc(-c4cc(-c5ccccn5)nc(-c5ccccn5)c4)cc3)cc2)cc1)/c1ccc(-c2cc(-c3ccccn3)nc(-c3ccccn3)c2)cc1. The molecule has 0 saturated carbocycles. The zero-order chi connectivity index (χ0) is 65.0. The monoisotopic (exact) mass is 1240 g/mol. The van der Waals surface area contributed by atoms with Crippen LogP contribution in [0.2, 0.25) is 0 Å². The molecule has 0 aliphatic carbocycles. The van der Waals surface area contributed by atoms with Crippen molar-refractivity contribution in [3.8, 4) is 102 Å². The molecule has 0 N–H and O–H groups in total. The minimum Gasteiger partial charge on any atom is -0.311 e. The summed E-state index contributed by atoms with van der Waals surface area (Å²) in [5, 5.41) is 0. The van der Waals surface area contributed by atoms with Gasteiger partial charge in [0, 0.05) is 54.2 Å². The molecule has 458 valence electrons. The Labute approximate surface area is 563 Å². The number of rotatable bonds is 18. The van der Waals surface area contributed by atoms with Crippen molar-refractivity contribution in [2.45, 2.75) is 0 Å². The molecule has 9 heterocycles. The topological polar surface area (TPSA) is 119 Å². The largest absolute Gasteiger partial charge is 0.311 e. The van der Waals surface area contributed by atoms with Crippen molar-refractivity contribution in [2.75, 3.05) is 4.90 Å². The number of benzene rings is 6. The molecule has 0 aliphatic heterocycles. The predicted octanol–water partition coefficient (Wildman–Crippen LogP) is 21.2. The Morgan fingerprint density at radius 1 is 0.175 bits per heavy atom. The standard InChI is InChI=1S/C87H60N10/c1-7-49-88-76(13-1)82-55-70(56-83(94-82)77-14-2-8-50-89-77)67-37-25-61(26-38-67)19-22-64-31-43-73(44-32-64)97(74-45-33-65(34-46-74)23-20-62-27-39-68(40-28-62)71-57-84(78-15-3-9-51-90-78)95-85(58-71)79-16-4-10-52-91-79)75-47-35-66(36-48-75)24-21-63-29-41-69(42-30-63)72-59-86(80-17-5-11-53-92-80)96-87(60-72)81-18-6-12-54-93-81/h1-60H/b22-19+,23-20+,24-21+. The highest BCUT2D eigenvalue weighted by molar-refractivity contribution is 5.84. The molecule has 10 nitrogen and oxygen atoms in total. The van der Waals surface area contributed by atoms with Crippen molar-refractivity contribution in [1.29, 1.82) is 0 Å². The Morgan fingerprint density at radius 2 is 0.361 bits per heavy atom. The second-order valence-corrected chi connectivity index (χ2v) is 23.1. The normalized spacial score (nSPS) is 11.4. The van der Waals surface area contributed by atoms with Crippen LogP contribution in [0, 0.1) is 0 Å². The van der Waals surface area contributed by atoms with Crippen molar-refractivity contribution in [3.63, 3.8) is 0 Å². The highest BCUT2D eigenvalue weighted by Gasteiger charge is 2.16. The lowest BCUT2D eigenvalue weighted by Crippen LogP contribution is -2.09. The minimum absolute atomic E-state index is 0.794. The van der Waals surface area contributed by atoms with E-state index in [0.717, 1.165) is 152 Å². The highest BCUT2D eigenvalue weighted by Crippen LogP contribution is 2.37. The predicted molar refractivity (Wildman–Crippen MR) is 396 cm³/mol. The minimum atomic E-state index is 0.794. The quantitative estimate of drug-likeness (QED) is 0.0768. The number of hydrogen-bond donors (Lipinski definition) is 0. The Bertz CT molecular complexity index is 4530. The summed E-state index contributed by atoms with van der Waals surface area (Å²) in [5.41, 5.74) is 25.6. The van der Waals surface area contributed by atoms with Crippen LogP contribution in [0.3, 0.4) is 0 Å². The molecule has 6 aromatic carbocycles. The van der Waals surface area contributed by atoms with Gasteiger partial charge in [0.25, 0.3) is 0 Å². The van der Waals surface area contributed by atoms with Gasteiger partial charge in [-0.25, -0.2) is 15.0 Å². The molecule has 15 aromatic rings. The molecule has 0 atom stereocenters. The number of aromatic nitrogens is 9. The van der Waals surface area contributed by atoms with Crippen LogP contribution < -0.4 is 4.90 Å². The van der Waals surface area contributed by atoms with Crippen LogP contribution in [0.1, 0.15) is 33.4 Å². The molecule has 0 spiro atoms. The highest BCUT2D eigenvalue weighted by atomic mass is 15.1. The molecule has 9 aromatic heterocycles. The van der Waals surface area contributed by atoms with Gasteiger partial charge in [0.05, 0.1) is 68.3 Å². The summed E-state index contributed by atoms with van der Waals surface area (Å²) in [4.78, 5) is 44.8. The van der Waals surface area contributed by atoms with E-state index in [-0.39, 0.29) is 0 Å². The van der Waals surface area contributed by atoms with Crippen molar-refractivity contribution in [3.05, 3.63) is 362 Å². The molecule has 0 unspecified atom stereocenters. The van der Waals surface area contributed by atoms with E-state index in [2.05, 4.69) is 253 Å². The third-order valence-corrected chi connectivity index (χ3v) is 16.6. The van der Waals surface area contributed by atoms with E-state index < -0.39 is 0 Å². The van der Waals surface area contributed by atoms with Gasteiger partial charge in [-0.2, -0.15) is 0 Å². The summed E-state index contributed by atoms with van der Waals surface area (Å²) < 4.78 is 0. The van der Waals surface area contributed by atoms with Crippen molar-refractivity contribution >= 4 is 53.5 Å².